The number of nitro groups is 2. The van der Waals surface area contributed by atoms with Gasteiger partial charge in [-0.15, -0.1) is 11.8 Å². The summed E-state index contributed by atoms with van der Waals surface area (Å²) in [4.78, 5) is 85.5. The molecular formula is C38H61N5O11S. The lowest BCUT2D eigenvalue weighted by Crippen LogP contribution is -2.50. The maximum Gasteiger partial charge on any atom is 0.328 e. The minimum absolute atomic E-state index is 0.0111. The molecule has 0 aliphatic carbocycles. The van der Waals surface area contributed by atoms with E-state index in [2.05, 4.69) is 22.9 Å². The van der Waals surface area contributed by atoms with Gasteiger partial charge in [0.2, 0.25) is 17.7 Å². The van der Waals surface area contributed by atoms with E-state index in [1.165, 1.54) is 51.0 Å². The molecule has 0 aromatic heterocycles. The summed E-state index contributed by atoms with van der Waals surface area (Å²) >= 11 is 0.805. The average molecular weight is 796 g/mol. The number of non-ortho nitro benzene ring substituents is 1. The number of thioether (sulfide) groups is 1. The third-order valence-corrected chi connectivity index (χ3v) is 9.76. The summed E-state index contributed by atoms with van der Waals surface area (Å²) in [6.45, 7) is 5.89. The van der Waals surface area contributed by atoms with Crippen LogP contribution in [0.4, 0.5) is 11.4 Å². The summed E-state index contributed by atoms with van der Waals surface area (Å²) in [5.41, 5.74) is -1.05. The molecule has 16 nitrogen and oxygen atoms in total. The number of nitro benzene ring substituents is 2. The molecule has 0 saturated heterocycles. The van der Waals surface area contributed by atoms with Gasteiger partial charge in [-0.1, -0.05) is 97.8 Å². The van der Waals surface area contributed by atoms with Gasteiger partial charge >= 0.3 is 11.9 Å². The van der Waals surface area contributed by atoms with E-state index in [1.54, 1.807) is 0 Å². The highest BCUT2D eigenvalue weighted by molar-refractivity contribution is 7.99. The van der Waals surface area contributed by atoms with Crippen LogP contribution >= 0.6 is 11.8 Å². The Kier molecular flexibility index (Phi) is 26.6. The number of rotatable bonds is 32. The summed E-state index contributed by atoms with van der Waals surface area (Å²) in [6.07, 6.45) is 15.1. The van der Waals surface area contributed by atoms with E-state index in [1.807, 2.05) is 13.8 Å². The molecule has 1 aromatic carbocycles. The summed E-state index contributed by atoms with van der Waals surface area (Å²) in [5.74, 6) is -3.41. The zero-order valence-corrected chi connectivity index (χ0v) is 33.6. The second-order valence-corrected chi connectivity index (χ2v) is 14.4. The zero-order valence-electron chi connectivity index (χ0n) is 32.7. The van der Waals surface area contributed by atoms with Gasteiger partial charge in [-0.2, -0.15) is 0 Å². The van der Waals surface area contributed by atoms with Crippen LogP contribution in [0.15, 0.2) is 23.1 Å². The first-order valence-electron chi connectivity index (χ1n) is 19.7. The standard InChI is InChI=1S/C38H61N5O11S/c1-4-7-10-11-12-13-14-15-16-17-18-19-34(44)40-30(38(48)54-25-9-6-3)21-23-35(45)41-31(37(47)39-27-36(46)53-24-8-5-2)28-55-33-22-20-29(42(49)50)26-32(33)43(51)52/h20,22,26,30-31H,4-19,21,23-25,27-28H2,1-3H3,(H,39,47)(H,40,44)(H,41,45)/t30-,31-/m0/s1. The van der Waals surface area contributed by atoms with Crippen LogP contribution in [0.2, 0.25) is 0 Å². The van der Waals surface area contributed by atoms with E-state index in [0.717, 1.165) is 56.0 Å². The molecule has 1 aromatic rings. The minimum atomic E-state index is -1.32. The van der Waals surface area contributed by atoms with Gasteiger partial charge < -0.3 is 25.4 Å². The molecule has 0 unspecified atom stereocenters. The summed E-state index contributed by atoms with van der Waals surface area (Å²) in [7, 11) is 0. The Labute approximate surface area is 328 Å². The Morgan fingerprint density at radius 2 is 1.24 bits per heavy atom. The van der Waals surface area contributed by atoms with Crippen molar-refractivity contribution in [3.63, 3.8) is 0 Å². The van der Waals surface area contributed by atoms with E-state index >= 15 is 0 Å². The fourth-order valence-corrected chi connectivity index (χ4v) is 6.36. The molecule has 0 saturated carbocycles. The molecule has 3 N–H and O–H groups in total. The number of nitrogens with one attached hydrogen (secondary N) is 3. The number of amides is 3. The topological polar surface area (TPSA) is 226 Å². The molecule has 0 bridgehead atoms. The number of carbonyl (C=O) groups is 5. The Morgan fingerprint density at radius 3 is 1.82 bits per heavy atom. The fourth-order valence-electron chi connectivity index (χ4n) is 5.33. The van der Waals surface area contributed by atoms with Crippen molar-refractivity contribution in [3.05, 3.63) is 38.4 Å². The third kappa shape index (κ3) is 22.6. The second-order valence-electron chi connectivity index (χ2n) is 13.4. The zero-order chi connectivity index (χ0) is 40.8. The molecule has 0 radical (unpaired) electrons. The fraction of sp³-hybridized carbons (Fsp3) is 0.711. The first-order chi connectivity index (χ1) is 26.4. The maximum atomic E-state index is 13.2. The average Bonchev–Trinajstić information content (AvgIpc) is 3.16. The van der Waals surface area contributed by atoms with Crippen molar-refractivity contribution >= 4 is 52.8 Å². The minimum Gasteiger partial charge on any atom is -0.464 e. The number of ether oxygens (including phenoxy) is 2. The van der Waals surface area contributed by atoms with Crippen molar-refractivity contribution in [2.75, 3.05) is 25.5 Å². The van der Waals surface area contributed by atoms with Crippen LogP contribution in [0, 0.1) is 20.2 Å². The number of esters is 2. The third-order valence-electron chi connectivity index (χ3n) is 8.60. The largest absolute Gasteiger partial charge is 0.464 e. The number of hydrogen-bond donors (Lipinski definition) is 3. The Bertz CT molecular complexity index is 1360. The van der Waals surface area contributed by atoms with Crippen LogP contribution in [0.3, 0.4) is 0 Å². The quantitative estimate of drug-likeness (QED) is 0.0224. The van der Waals surface area contributed by atoms with Gasteiger partial charge in [-0.3, -0.25) is 39.4 Å². The van der Waals surface area contributed by atoms with E-state index in [-0.39, 0.29) is 49.0 Å². The number of carbonyl (C=O) groups excluding carboxylic acids is 5. The first kappa shape index (κ1) is 48.7. The highest BCUT2D eigenvalue weighted by atomic mass is 32.2. The van der Waals surface area contributed by atoms with Crippen molar-refractivity contribution in [2.45, 2.75) is 153 Å². The molecule has 0 fully saturated rings. The predicted molar refractivity (Wildman–Crippen MR) is 209 cm³/mol. The molecular weight excluding hydrogens is 735 g/mol. The van der Waals surface area contributed by atoms with Crippen molar-refractivity contribution in [3.8, 4) is 0 Å². The molecule has 0 aliphatic rings. The Morgan fingerprint density at radius 1 is 0.691 bits per heavy atom. The molecule has 0 spiro atoms. The monoisotopic (exact) mass is 795 g/mol. The van der Waals surface area contributed by atoms with Crippen LogP contribution in [-0.4, -0.2) is 77.1 Å². The number of unbranched alkanes of at least 4 members (excludes halogenated alkanes) is 12. The Balaban J connectivity index is 2.89. The molecule has 1 rings (SSSR count). The SMILES string of the molecule is CCCCCCCCCCCCCC(=O)N[C@@H](CCC(=O)N[C@@H](CSc1ccc([N+](=O)[O-])cc1[N+](=O)[O-])C(=O)NCC(=O)OCCCC)C(=O)OCCCC. The van der Waals surface area contributed by atoms with Gasteiger partial charge in [0.15, 0.2) is 0 Å². The van der Waals surface area contributed by atoms with Crippen molar-refractivity contribution in [1.82, 2.24) is 16.0 Å². The highest BCUT2D eigenvalue weighted by Gasteiger charge is 2.27. The highest BCUT2D eigenvalue weighted by Crippen LogP contribution is 2.33. The lowest BCUT2D eigenvalue weighted by molar-refractivity contribution is -0.396. The van der Waals surface area contributed by atoms with Gasteiger partial charge in [0.05, 0.1) is 34.0 Å². The number of nitrogens with zero attached hydrogens (tertiary/aromatic N) is 2. The molecule has 310 valence electrons. The molecule has 17 heteroatoms. The van der Waals surface area contributed by atoms with Gasteiger partial charge in [0.25, 0.3) is 11.4 Å². The maximum absolute atomic E-state index is 13.2. The molecule has 3 amide bonds. The summed E-state index contributed by atoms with van der Waals surface area (Å²) in [5, 5.41) is 30.5. The normalized spacial score (nSPS) is 11.9. The van der Waals surface area contributed by atoms with Crippen molar-refractivity contribution < 1.29 is 43.3 Å². The number of benzene rings is 1. The van der Waals surface area contributed by atoms with Crippen LogP contribution in [0.5, 0.6) is 0 Å². The predicted octanol–water partition coefficient (Wildman–Crippen LogP) is 6.85. The van der Waals surface area contributed by atoms with Crippen LogP contribution in [0.1, 0.15) is 136 Å². The Hall–Kier alpha value is -4.28. The summed E-state index contributed by atoms with van der Waals surface area (Å²) < 4.78 is 10.4. The van der Waals surface area contributed by atoms with Gasteiger partial charge in [0.1, 0.15) is 18.6 Å². The van der Waals surface area contributed by atoms with Crippen molar-refractivity contribution in [2.24, 2.45) is 0 Å². The van der Waals surface area contributed by atoms with Crippen LogP contribution in [0.25, 0.3) is 0 Å². The van der Waals surface area contributed by atoms with Gasteiger partial charge in [0, 0.05) is 24.7 Å². The molecule has 55 heavy (non-hydrogen) atoms. The van der Waals surface area contributed by atoms with Crippen LogP contribution in [-0.2, 0) is 33.4 Å². The van der Waals surface area contributed by atoms with Crippen LogP contribution < -0.4 is 16.0 Å². The second kappa shape index (κ2) is 30.0. The molecule has 0 heterocycles. The van der Waals surface area contributed by atoms with E-state index < -0.39 is 63.6 Å². The van der Waals surface area contributed by atoms with Gasteiger partial charge in [-0.05, 0) is 31.7 Å². The summed E-state index contributed by atoms with van der Waals surface area (Å²) in [6, 6.07) is 0.636. The smallest absolute Gasteiger partial charge is 0.328 e. The first-order valence-corrected chi connectivity index (χ1v) is 20.7. The molecule has 0 aliphatic heterocycles. The van der Waals surface area contributed by atoms with Crippen molar-refractivity contribution in [1.29, 1.82) is 0 Å². The lowest BCUT2D eigenvalue weighted by atomic mass is 10.0. The molecule has 2 atom stereocenters. The lowest BCUT2D eigenvalue weighted by Gasteiger charge is -2.20. The number of hydrogen-bond acceptors (Lipinski definition) is 12. The van der Waals surface area contributed by atoms with E-state index in [9.17, 15) is 44.2 Å². The van der Waals surface area contributed by atoms with E-state index in [4.69, 9.17) is 9.47 Å². The van der Waals surface area contributed by atoms with E-state index in [0.29, 0.717) is 19.3 Å². The van der Waals surface area contributed by atoms with Gasteiger partial charge in [-0.25, -0.2) is 4.79 Å².